The smallest absolute Gasteiger partial charge is 0.463 e. The van der Waals surface area contributed by atoms with Gasteiger partial charge in [0.15, 0.2) is 0 Å². The summed E-state index contributed by atoms with van der Waals surface area (Å²) in [5.41, 5.74) is 0.982. The fraction of sp³-hybridized carbons (Fsp3) is 0.900. The molecule has 0 aromatic heterocycles. The van der Waals surface area contributed by atoms with Crippen LogP contribution in [0.3, 0.4) is 0 Å². The Labute approximate surface area is 664 Å². The Hall–Kier alpha value is -2.81. The summed E-state index contributed by atoms with van der Waals surface area (Å²) in [5, 5.41) is 17.6. The molecule has 29 nitrogen and oxygen atoms in total. The second kappa shape index (κ2) is 93.4. The second-order valence-electron chi connectivity index (χ2n) is 25.6. The van der Waals surface area contributed by atoms with E-state index in [1.54, 1.807) is 33.5 Å². The molecule has 1 rings (SSSR count). The normalized spacial score (nSPS) is 12.1. The maximum atomic E-state index is 12.5. The molecule has 0 saturated carbocycles. The molecule has 0 amide bonds. The number of benzene rings is 1. The summed E-state index contributed by atoms with van der Waals surface area (Å²) in [4.78, 5) is 23.9. The fourth-order valence-corrected chi connectivity index (χ4v) is 10.4. The summed E-state index contributed by atoms with van der Waals surface area (Å²) < 4.78 is 147. The van der Waals surface area contributed by atoms with Crippen molar-refractivity contribution in [3.63, 3.8) is 0 Å². The van der Waals surface area contributed by atoms with Gasteiger partial charge in [-0.05, 0) is 31.9 Å². The van der Waals surface area contributed by atoms with E-state index >= 15 is 0 Å². The Morgan fingerprint density at radius 3 is 0.855 bits per heavy atom. The third kappa shape index (κ3) is 89.1. The molecule has 654 valence electrons. The van der Waals surface area contributed by atoms with E-state index < -0.39 is 22.3 Å². The van der Waals surface area contributed by atoms with E-state index in [-0.39, 0.29) is 57.9 Å². The molecule has 0 fully saturated rings. The summed E-state index contributed by atoms with van der Waals surface area (Å²) >= 11 is 0. The van der Waals surface area contributed by atoms with Crippen LogP contribution in [-0.2, 0) is 128 Å². The van der Waals surface area contributed by atoms with Crippen LogP contribution >= 0.6 is 0 Å². The lowest BCUT2D eigenvalue weighted by molar-refractivity contribution is -0.151. The van der Waals surface area contributed by atoms with Gasteiger partial charge in [-0.2, -0.15) is 8.42 Å². The van der Waals surface area contributed by atoms with Crippen LogP contribution in [0.5, 0.6) is 0 Å². The van der Waals surface area contributed by atoms with Crippen LogP contribution in [0.1, 0.15) is 175 Å². The number of aliphatic hydroxyl groups is 2. The van der Waals surface area contributed by atoms with Gasteiger partial charge < -0.3 is 114 Å². The quantitative estimate of drug-likeness (QED) is 0.0348. The largest absolute Gasteiger partial charge is 1.00 e. The summed E-state index contributed by atoms with van der Waals surface area (Å²) in [7, 11) is 1.17. The Bertz CT molecular complexity index is 2070. The summed E-state index contributed by atoms with van der Waals surface area (Å²) in [6, 6.07) is 6.49. The molecule has 0 bridgehead atoms. The van der Waals surface area contributed by atoms with Gasteiger partial charge in [0.25, 0.3) is 10.1 Å². The van der Waals surface area contributed by atoms with Gasteiger partial charge in [0.05, 0.1) is 256 Å². The molecule has 0 radical (unpaired) electrons. The zero-order valence-electron chi connectivity index (χ0n) is 70.0. The van der Waals surface area contributed by atoms with Crippen molar-refractivity contribution >= 4 is 22.1 Å². The minimum Gasteiger partial charge on any atom is -0.463 e. The van der Waals surface area contributed by atoms with E-state index in [4.69, 9.17) is 119 Å². The first-order chi connectivity index (χ1) is 54.0. The number of unbranched alkanes of at least 4 members (excludes halogenated alkanes) is 20. The van der Waals surface area contributed by atoms with Crippen LogP contribution in [0.4, 0.5) is 0 Å². The third-order valence-corrected chi connectivity index (χ3v) is 17.2. The number of methoxy groups -OCH3 is 3. The van der Waals surface area contributed by atoms with Gasteiger partial charge in [-0.3, -0.25) is 13.8 Å². The lowest BCUT2D eigenvalue weighted by Gasteiger charge is -2.18. The zero-order valence-corrected chi connectivity index (χ0v) is 69.9. The van der Waals surface area contributed by atoms with Crippen LogP contribution in [-0.4, -0.2) is 328 Å². The highest BCUT2D eigenvalue weighted by Gasteiger charge is 2.16. The van der Waals surface area contributed by atoms with Crippen LogP contribution in [0, 0.1) is 6.92 Å². The van der Waals surface area contributed by atoms with Gasteiger partial charge in [-0.15, -0.1) is 0 Å². The average molecular weight is 1610 g/mol. The Morgan fingerprint density at radius 2 is 0.573 bits per heavy atom. The Kier molecular flexibility index (Phi) is 92.7. The number of esters is 2. The first-order valence-corrected chi connectivity index (χ1v) is 42.3. The number of hydrogen-bond acceptors (Lipinski definition) is 29. The highest BCUT2D eigenvalue weighted by Crippen LogP contribution is 2.16. The van der Waals surface area contributed by atoms with Crippen molar-refractivity contribution in [2.45, 2.75) is 192 Å². The molecule has 110 heavy (non-hydrogen) atoms. The number of hydrogen-bond donors (Lipinski definition) is 2. The molecule has 2 N–H and O–H groups in total. The number of rotatable bonds is 88. The van der Waals surface area contributed by atoms with Gasteiger partial charge >= 0.3 is 13.4 Å². The molecule has 2 unspecified atom stereocenters. The molecular weight excluding hydrogens is 1460 g/mol. The molecule has 0 aliphatic carbocycles. The number of carbonyl (C=O) groups is 2. The van der Waals surface area contributed by atoms with Crippen LogP contribution in [0.2, 0.25) is 0 Å². The van der Waals surface area contributed by atoms with Crippen molar-refractivity contribution in [3.05, 3.63) is 29.8 Å². The van der Waals surface area contributed by atoms with Crippen molar-refractivity contribution in [2.75, 3.05) is 286 Å². The predicted octanol–water partition coefficient (Wildman–Crippen LogP) is 10.2. The molecular formula is C80H155O29S+. The van der Waals surface area contributed by atoms with E-state index in [0.29, 0.717) is 237 Å². The highest BCUT2D eigenvalue weighted by molar-refractivity contribution is 7.86. The predicted molar refractivity (Wildman–Crippen MR) is 421 cm³/mol. The minimum atomic E-state index is -3.75. The molecule has 0 spiro atoms. The second-order valence-corrected chi connectivity index (χ2v) is 27.2. The van der Waals surface area contributed by atoms with Gasteiger partial charge in [-0.1, -0.05) is 160 Å². The van der Waals surface area contributed by atoms with E-state index in [1.165, 1.54) is 121 Å². The van der Waals surface area contributed by atoms with Gasteiger partial charge in [0.1, 0.15) is 25.4 Å². The van der Waals surface area contributed by atoms with Crippen LogP contribution in [0.15, 0.2) is 29.2 Å². The van der Waals surface area contributed by atoms with Crippen molar-refractivity contribution < 1.29 is 138 Å². The van der Waals surface area contributed by atoms with Crippen molar-refractivity contribution in [3.8, 4) is 0 Å². The SMILES string of the molecule is CCCCCCCCCCCCCC(=O)OCC(COCCOCCOCCOCCOCCOCCOC)OCCOCCOCCOCCOCCOCCOC.CCCCCCCCCCCCCC(=O)OCC(O)CO.COCCOCCOCCOCCOCCOCCOS(=O)(=O)c1ccc(C)cc1.[H+]. The van der Waals surface area contributed by atoms with Crippen LogP contribution < -0.4 is 0 Å². The van der Waals surface area contributed by atoms with Crippen molar-refractivity contribution in [1.29, 1.82) is 0 Å². The Balaban J connectivity index is -0.00000184. The minimum absolute atomic E-state index is 0. The lowest BCUT2D eigenvalue weighted by Crippen LogP contribution is -2.29. The number of aliphatic hydroxyl groups excluding tert-OH is 2. The maximum Gasteiger partial charge on any atom is 1.00 e. The molecule has 0 aliphatic heterocycles. The zero-order chi connectivity index (χ0) is 80.3. The van der Waals surface area contributed by atoms with Gasteiger partial charge in [0.2, 0.25) is 0 Å². The molecule has 0 aliphatic rings. The highest BCUT2D eigenvalue weighted by atomic mass is 32.2. The van der Waals surface area contributed by atoms with Crippen LogP contribution in [0.25, 0.3) is 0 Å². The molecule has 2 atom stereocenters. The van der Waals surface area contributed by atoms with E-state index in [9.17, 15) is 18.0 Å². The molecule has 30 heteroatoms. The first-order valence-electron chi connectivity index (χ1n) is 40.9. The summed E-state index contributed by atoms with van der Waals surface area (Å²) in [6.07, 6.45) is 26.8. The number of carbonyl (C=O) groups excluding carboxylic acids is 2. The number of ether oxygens (including phenoxy) is 22. The summed E-state index contributed by atoms with van der Waals surface area (Å²) in [6.45, 7) is 22.9. The van der Waals surface area contributed by atoms with Gasteiger partial charge in [-0.25, -0.2) is 0 Å². The molecule has 0 heterocycles. The first kappa shape index (κ1) is 109. The summed E-state index contributed by atoms with van der Waals surface area (Å²) in [5.74, 6) is -0.484. The Morgan fingerprint density at radius 1 is 0.327 bits per heavy atom. The fourth-order valence-electron chi connectivity index (χ4n) is 9.54. The molecule has 1 aromatic carbocycles. The van der Waals surface area contributed by atoms with Gasteiger partial charge in [0, 0.05) is 34.2 Å². The topological polar surface area (TPSA) is 321 Å². The average Bonchev–Trinajstić information content (AvgIpc) is 0.849. The third-order valence-electron chi connectivity index (χ3n) is 15.8. The van der Waals surface area contributed by atoms with Crippen molar-refractivity contribution in [2.24, 2.45) is 0 Å². The monoisotopic (exact) mass is 1610 g/mol. The van der Waals surface area contributed by atoms with Crippen molar-refractivity contribution in [1.82, 2.24) is 0 Å². The lowest BCUT2D eigenvalue weighted by atomic mass is 10.1. The molecule has 0 saturated heterocycles. The molecule has 1 aromatic rings. The maximum absolute atomic E-state index is 12.5. The van der Waals surface area contributed by atoms with E-state index in [2.05, 4.69) is 13.8 Å². The van der Waals surface area contributed by atoms with E-state index in [1.807, 2.05) is 6.92 Å². The standard InChI is InChI=1S/C43H86O16.C20H34O9S.C17H34O4/c1-4-5-6-7-8-9-10-11-12-13-14-15-43(44)59-41-42(58-39-38-56-35-34-54-31-30-52-27-25-50-23-21-48-19-17-46-3)40-57-37-36-55-33-32-53-29-28-51-26-24-49-22-20-47-18-16-45-2;1-19-3-5-20(6-4-19)30(21,22)29-18-17-28-16-15-27-14-13-26-12-11-25-10-9-24-8-7-23-2;1-2-3-4-5-6-7-8-9-10-11-12-13-17(20)21-15-16(19)14-18/h42H,4-41H2,1-3H3;3-6H,7-18H2,1-2H3;16,18-19H,2-15H2,1H3/p+1. The van der Waals surface area contributed by atoms with E-state index in [0.717, 1.165) is 37.7 Å². The number of aryl methyl sites for hydroxylation is 1.